The Kier molecular flexibility index (Phi) is 7.61. The average Bonchev–Trinajstić information content (AvgIpc) is 3.12. The van der Waals surface area contributed by atoms with Gasteiger partial charge in [-0.15, -0.1) is 0 Å². The lowest BCUT2D eigenvalue weighted by Crippen LogP contribution is -2.36. The zero-order valence-corrected chi connectivity index (χ0v) is 17.0. The first-order valence-electron chi connectivity index (χ1n) is 10.9. The number of nitro benzene ring substituents is 1. The molecule has 0 aromatic heterocycles. The zero-order valence-electron chi connectivity index (χ0n) is 17.0. The molecule has 0 spiro atoms. The molecule has 29 heavy (non-hydrogen) atoms. The predicted molar refractivity (Wildman–Crippen MR) is 111 cm³/mol. The number of hydrogen-bond acceptors (Lipinski definition) is 4. The van der Waals surface area contributed by atoms with E-state index >= 15 is 0 Å². The maximum absolute atomic E-state index is 12.7. The van der Waals surface area contributed by atoms with Crippen molar-refractivity contribution in [3.8, 4) is 0 Å². The molecule has 2 aliphatic rings. The molecular formula is C22H31N3O4. The number of rotatable bonds is 5. The van der Waals surface area contributed by atoms with Crippen LogP contribution < -0.4 is 10.6 Å². The molecule has 158 valence electrons. The number of carbonyl (C=O) groups excluding carboxylic acids is 2. The monoisotopic (exact) mass is 401 g/mol. The van der Waals surface area contributed by atoms with Gasteiger partial charge < -0.3 is 10.6 Å². The standard InChI is InChI=1S/C22H31N3O4/c26-21(23-18-9-5-1-2-6-10-18)16-13-17(15-20(14-16)25(28)29)22(27)24-19-11-7-3-4-8-12-19/h13-15,18-19H,1-12H2,(H,23,26)(H,24,27). The number of nitrogens with zero attached hydrogens (tertiary/aromatic N) is 1. The summed E-state index contributed by atoms with van der Waals surface area (Å²) in [5.74, 6) is -0.687. The highest BCUT2D eigenvalue weighted by atomic mass is 16.6. The number of nitrogens with one attached hydrogen (secondary N) is 2. The van der Waals surface area contributed by atoms with Crippen molar-refractivity contribution in [1.29, 1.82) is 0 Å². The van der Waals surface area contributed by atoms with Crippen molar-refractivity contribution >= 4 is 17.5 Å². The lowest BCUT2D eigenvalue weighted by atomic mass is 10.0. The van der Waals surface area contributed by atoms with E-state index < -0.39 is 4.92 Å². The van der Waals surface area contributed by atoms with E-state index in [1.54, 1.807) is 0 Å². The average molecular weight is 402 g/mol. The van der Waals surface area contributed by atoms with Crippen LogP contribution in [-0.4, -0.2) is 28.8 Å². The smallest absolute Gasteiger partial charge is 0.271 e. The van der Waals surface area contributed by atoms with Crippen LogP contribution >= 0.6 is 0 Å². The summed E-state index contributed by atoms with van der Waals surface area (Å²) in [5.41, 5.74) is 0.119. The first kappa shape index (κ1) is 21.3. The second-order valence-electron chi connectivity index (χ2n) is 8.35. The maximum atomic E-state index is 12.7. The van der Waals surface area contributed by atoms with Gasteiger partial charge >= 0.3 is 0 Å². The number of non-ortho nitro benzene ring substituents is 1. The number of hydrogen-bond donors (Lipinski definition) is 2. The highest BCUT2D eigenvalue weighted by Gasteiger charge is 2.22. The minimum atomic E-state index is -0.551. The molecule has 0 bridgehead atoms. The number of amides is 2. The van der Waals surface area contributed by atoms with E-state index in [2.05, 4.69) is 10.6 Å². The third-order valence-corrected chi connectivity index (χ3v) is 6.03. The van der Waals surface area contributed by atoms with Crippen molar-refractivity contribution < 1.29 is 14.5 Å². The normalized spacial score (nSPS) is 19.0. The van der Waals surface area contributed by atoms with E-state index in [9.17, 15) is 19.7 Å². The Balaban J connectivity index is 1.74. The summed E-state index contributed by atoms with van der Waals surface area (Å²) in [5, 5.41) is 17.4. The fraction of sp³-hybridized carbons (Fsp3) is 0.636. The van der Waals surface area contributed by atoms with E-state index in [4.69, 9.17) is 0 Å². The fourth-order valence-electron chi connectivity index (χ4n) is 4.36. The van der Waals surface area contributed by atoms with Gasteiger partial charge in [0.25, 0.3) is 17.5 Å². The topological polar surface area (TPSA) is 101 Å². The molecule has 0 saturated heterocycles. The lowest BCUT2D eigenvalue weighted by molar-refractivity contribution is -0.384. The first-order chi connectivity index (χ1) is 14.0. The summed E-state index contributed by atoms with van der Waals surface area (Å²) in [4.78, 5) is 36.3. The number of nitro groups is 1. The Morgan fingerprint density at radius 2 is 1.10 bits per heavy atom. The first-order valence-corrected chi connectivity index (χ1v) is 10.9. The summed E-state index contributed by atoms with van der Waals surface area (Å²) in [7, 11) is 0. The van der Waals surface area contributed by atoms with Gasteiger partial charge in [-0.3, -0.25) is 19.7 Å². The van der Waals surface area contributed by atoms with E-state index in [0.717, 1.165) is 51.4 Å². The molecule has 2 aliphatic carbocycles. The largest absolute Gasteiger partial charge is 0.349 e. The van der Waals surface area contributed by atoms with Gasteiger partial charge in [-0.1, -0.05) is 51.4 Å². The minimum absolute atomic E-state index is 0.0903. The van der Waals surface area contributed by atoms with Crippen LogP contribution in [0.2, 0.25) is 0 Å². The molecule has 0 atom stereocenters. The molecule has 0 heterocycles. The summed E-state index contributed by atoms with van der Waals surface area (Å²) < 4.78 is 0. The lowest BCUT2D eigenvalue weighted by Gasteiger charge is -2.18. The van der Waals surface area contributed by atoms with E-state index in [1.807, 2.05) is 0 Å². The minimum Gasteiger partial charge on any atom is -0.349 e. The van der Waals surface area contributed by atoms with Crippen LogP contribution in [0.25, 0.3) is 0 Å². The van der Waals surface area contributed by atoms with Crippen molar-refractivity contribution in [3.63, 3.8) is 0 Å². The maximum Gasteiger partial charge on any atom is 0.271 e. The van der Waals surface area contributed by atoms with E-state index in [0.29, 0.717) is 0 Å². The molecule has 0 aliphatic heterocycles. The molecule has 7 nitrogen and oxygen atoms in total. The van der Waals surface area contributed by atoms with Crippen molar-refractivity contribution in [1.82, 2.24) is 10.6 Å². The van der Waals surface area contributed by atoms with Gasteiger partial charge in [0, 0.05) is 35.3 Å². The molecule has 0 unspecified atom stereocenters. The van der Waals surface area contributed by atoms with Crippen LogP contribution in [0.5, 0.6) is 0 Å². The zero-order chi connectivity index (χ0) is 20.6. The second-order valence-corrected chi connectivity index (χ2v) is 8.35. The quantitative estimate of drug-likeness (QED) is 0.431. The molecule has 2 N–H and O–H groups in total. The second kappa shape index (κ2) is 10.4. The number of benzene rings is 1. The van der Waals surface area contributed by atoms with Gasteiger partial charge in [0.1, 0.15) is 0 Å². The van der Waals surface area contributed by atoms with Crippen molar-refractivity contribution in [2.24, 2.45) is 0 Å². The highest BCUT2D eigenvalue weighted by Crippen LogP contribution is 2.22. The predicted octanol–water partition coefficient (Wildman–Crippen LogP) is 4.50. The SMILES string of the molecule is O=C(NC1CCCCCC1)c1cc(C(=O)NC2CCCCCC2)cc([N+](=O)[O-])c1. The summed E-state index contributed by atoms with van der Waals surface area (Å²) in [6.07, 6.45) is 12.7. The van der Waals surface area contributed by atoms with Crippen LogP contribution in [-0.2, 0) is 0 Å². The fourth-order valence-corrected chi connectivity index (χ4v) is 4.36. The summed E-state index contributed by atoms with van der Waals surface area (Å²) in [6, 6.07) is 4.17. The van der Waals surface area contributed by atoms with Gasteiger partial charge in [-0.25, -0.2) is 0 Å². The van der Waals surface area contributed by atoms with Crippen LogP contribution in [0.4, 0.5) is 5.69 Å². The molecule has 7 heteroatoms. The third-order valence-electron chi connectivity index (χ3n) is 6.03. The third kappa shape index (κ3) is 6.27. The van der Waals surface area contributed by atoms with Crippen LogP contribution in [0.15, 0.2) is 18.2 Å². The molecule has 1 aromatic rings. The molecule has 1 aromatic carbocycles. The van der Waals surface area contributed by atoms with Crippen molar-refractivity contribution in [3.05, 3.63) is 39.4 Å². The van der Waals surface area contributed by atoms with Crippen LogP contribution in [0.3, 0.4) is 0 Å². The van der Waals surface area contributed by atoms with Crippen molar-refractivity contribution in [2.45, 2.75) is 89.1 Å². The Labute approximate surface area is 171 Å². The van der Waals surface area contributed by atoms with Crippen LogP contribution in [0.1, 0.15) is 97.8 Å². The molecular weight excluding hydrogens is 370 g/mol. The molecule has 2 amide bonds. The van der Waals surface area contributed by atoms with E-state index in [1.165, 1.54) is 43.9 Å². The van der Waals surface area contributed by atoms with Gasteiger partial charge in [0.05, 0.1) is 4.92 Å². The highest BCUT2D eigenvalue weighted by molar-refractivity contribution is 6.00. The molecule has 3 rings (SSSR count). The van der Waals surface area contributed by atoms with Gasteiger partial charge in [-0.2, -0.15) is 0 Å². The van der Waals surface area contributed by atoms with Gasteiger partial charge in [-0.05, 0) is 31.7 Å². The Morgan fingerprint density at radius 1 is 0.724 bits per heavy atom. The van der Waals surface area contributed by atoms with Gasteiger partial charge in [0.15, 0.2) is 0 Å². The van der Waals surface area contributed by atoms with Crippen molar-refractivity contribution in [2.75, 3.05) is 0 Å². The molecule has 0 radical (unpaired) electrons. The Hall–Kier alpha value is -2.44. The summed E-state index contributed by atoms with van der Waals surface area (Å²) >= 11 is 0. The molecule has 2 saturated carbocycles. The van der Waals surface area contributed by atoms with Gasteiger partial charge in [0.2, 0.25) is 0 Å². The Morgan fingerprint density at radius 3 is 1.45 bits per heavy atom. The Bertz CT molecular complexity index is 681. The number of carbonyl (C=O) groups is 2. The van der Waals surface area contributed by atoms with Crippen LogP contribution in [0, 0.1) is 10.1 Å². The van der Waals surface area contributed by atoms with E-state index in [-0.39, 0.29) is 40.7 Å². The molecule has 2 fully saturated rings. The summed E-state index contributed by atoms with van der Waals surface area (Å²) in [6.45, 7) is 0.